The summed E-state index contributed by atoms with van der Waals surface area (Å²) in [5, 5.41) is 0.874. The van der Waals surface area contributed by atoms with Gasteiger partial charge in [-0.1, -0.05) is 18.2 Å². The van der Waals surface area contributed by atoms with Gasteiger partial charge in [0.1, 0.15) is 5.75 Å². The van der Waals surface area contributed by atoms with Crippen molar-refractivity contribution in [3.05, 3.63) is 54.7 Å². The normalized spacial score (nSPS) is 10.4. The maximum atomic E-state index is 5.95. The van der Waals surface area contributed by atoms with E-state index in [-0.39, 0.29) is 0 Å². The molecule has 0 saturated carbocycles. The summed E-state index contributed by atoms with van der Waals surface area (Å²) in [4.78, 5) is 4.29. The molecular formula is C16H14N2O2. The van der Waals surface area contributed by atoms with Crippen LogP contribution in [-0.2, 0) is 0 Å². The van der Waals surface area contributed by atoms with Gasteiger partial charge < -0.3 is 15.2 Å². The summed E-state index contributed by atoms with van der Waals surface area (Å²) >= 11 is 0. The molecule has 4 heteroatoms. The number of fused-ring (bicyclic) bond motifs is 1. The van der Waals surface area contributed by atoms with Crippen LogP contribution >= 0.6 is 0 Å². The second-order valence-corrected chi connectivity index (χ2v) is 4.31. The van der Waals surface area contributed by atoms with Gasteiger partial charge in [0, 0.05) is 11.6 Å². The number of pyridine rings is 1. The summed E-state index contributed by atoms with van der Waals surface area (Å²) in [6, 6.07) is 15.0. The molecule has 2 N–H and O–H groups in total. The van der Waals surface area contributed by atoms with Crippen molar-refractivity contribution in [2.75, 3.05) is 12.8 Å². The molecular weight excluding hydrogens is 252 g/mol. The van der Waals surface area contributed by atoms with Crippen LogP contribution in [0.25, 0.3) is 10.9 Å². The van der Waals surface area contributed by atoms with Crippen LogP contribution in [0.4, 0.5) is 5.69 Å². The highest BCUT2D eigenvalue weighted by molar-refractivity contribution is 5.93. The number of hydrogen-bond donors (Lipinski definition) is 1. The molecule has 0 fully saturated rings. The van der Waals surface area contributed by atoms with E-state index >= 15 is 0 Å². The van der Waals surface area contributed by atoms with Gasteiger partial charge in [0.25, 0.3) is 0 Å². The predicted octanol–water partition coefficient (Wildman–Crippen LogP) is 3.62. The Morgan fingerprint density at radius 2 is 1.70 bits per heavy atom. The number of benzene rings is 2. The third-order valence-electron chi connectivity index (χ3n) is 3.05. The average molecular weight is 266 g/mol. The van der Waals surface area contributed by atoms with Gasteiger partial charge in [-0.05, 0) is 30.3 Å². The zero-order chi connectivity index (χ0) is 13.9. The van der Waals surface area contributed by atoms with E-state index in [1.807, 2.05) is 48.5 Å². The van der Waals surface area contributed by atoms with Gasteiger partial charge in [-0.3, -0.25) is 4.98 Å². The minimum Gasteiger partial charge on any atom is -0.493 e. The lowest BCUT2D eigenvalue weighted by Crippen LogP contribution is -1.93. The lowest BCUT2D eigenvalue weighted by molar-refractivity contribution is 0.380. The van der Waals surface area contributed by atoms with Crippen molar-refractivity contribution < 1.29 is 9.47 Å². The lowest BCUT2D eigenvalue weighted by atomic mass is 10.2. The van der Waals surface area contributed by atoms with Gasteiger partial charge in [0.15, 0.2) is 11.5 Å². The number of ether oxygens (including phenoxy) is 2. The molecule has 0 spiro atoms. The average Bonchev–Trinajstić information content (AvgIpc) is 2.49. The van der Waals surface area contributed by atoms with Crippen molar-refractivity contribution >= 4 is 16.6 Å². The molecule has 0 atom stereocenters. The lowest BCUT2D eigenvalue weighted by Gasteiger charge is -2.12. The summed E-state index contributed by atoms with van der Waals surface area (Å²) in [5.74, 6) is 2.04. The Morgan fingerprint density at radius 3 is 2.50 bits per heavy atom. The zero-order valence-corrected chi connectivity index (χ0v) is 11.0. The topological polar surface area (TPSA) is 57.4 Å². The first-order valence-electron chi connectivity index (χ1n) is 6.23. The highest BCUT2D eigenvalue weighted by Crippen LogP contribution is 2.35. The molecule has 0 saturated heterocycles. The number of hydrogen-bond acceptors (Lipinski definition) is 4. The Bertz CT molecular complexity index is 756. The predicted molar refractivity (Wildman–Crippen MR) is 79.2 cm³/mol. The van der Waals surface area contributed by atoms with E-state index in [1.54, 1.807) is 13.3 Å². The summed E-state index contributed by atoms with van der Waals surface area (Å²) < 4.78 is 11.2. The monoisotopic (exact) mass is 266 g/mol. The van der Waals surface area contributed by atoms with E-state index in [9.17, 15) is 0 Å². The zero-order valence-electron chi connectivity index (χ0n) is 11.0. The largest absolute Gasteiger partial charge is 0.493 e. The minimum atomic E-state index is 0.632. The van der Waals surface area contributed by atoms with Crippen molar-refractivity contribution in [2.45, 2.75) is 0 Å². The first kappa shape index (κ1) is 12.3. The van der Waals surface area contributed by atoms with Crippen LogP contribution in [0.2, 0.25) is 0 Å². The first-order chi connectivity index (χ1) is 9.79. The van der Waals surface area contributed by atoms with Crippen molar-refractivity contribution in [2.24, 2.45) is 0 Å². The Hall–Kier alpha value is -2.75. The first-order valence-corrected chi connectivity index (χ1v) is 6.23. The van der Waals surface area contributed by atoms with E-state index < -0.39 is 0 Å². The van der Waals surface area contributed by atoms with Crippen molar-refractivity contribution in [3.8, 4) is 17.2 Å². The number of methoxy groups -OCH3 is 1. The van der Waals surface area contributed by atoms with Crippen LogP contribution < -0.4 is 15.2 Å². The van der Waals surface area contributed by atoms with Crippen LogP contribution in [0.5, 0.6) is 17.2 Å². The Kier molecular flexibility index (Phi) is 3.13. The number of anilines is 1. The van der Waals surface area contributed by atoms with Gasteiger partial charge >= 0.3 is 0 Å². The molecule has 0 aliphatic rings. The van der Waals surface area contributed by atoms with Crippen molar-refractivity contribution in [1.82, 2.24) is 4.98 Å². The Balaban J connectivity index is 2.09. The molecule has 0 aliphatic carbocycles. The smallest absolute Gasteiger partial charge is 0.169 e. The quantitative estimate of drug-likeness (QED) is 0.736. The highest BCUT2D eigenvalue weighted by atomic mass is 16.5. The van der Waals surface area contributed by atoms with Crippen LogP contribution in [-0.4, -0.2) is 12.1 Å². The van der Waals surface area contributed by atoms with Gasteiger partial charge in [-0.25, -0.2) is 0 Å². The fourth-order valence-corrected chi connectivity index (χ4v) is 2.08. The van der Waals surface area contributed by atoms with Gasteiger partial charge in [-0.2, -0.15) is 0 Å². The van der Waals surface area contributed by atoms with E-state index in [1.165, 1.54) is 0 Å². The summed E-state index contributed by atoms with van der Waals surface area (Å²) in [7, 11) is 1.62. The SMILES string of the molecule is COc1ccccc1Oc1ccnc2c(N)cccc12. The molecule has 4 nitrogen and oxygen atoms in total. The summed E-state index contributed by atoms with van der Waals surface area (Å²) in [6.45, 7) is 0. The molecule has 3 aromatic rings. The number of nitrogens with zero attached hydrogens (tertiary/aromatic N) is 1. The standard InChI is InChI=1S/C16H14N2O2/c1-19-14-7-2-3-8-15(14)20-13-9-10-18-16-11(13)5-4-6-12(16)17/h2-10H,17H2,1H3. The molecule has 2 aromatic carbocycles. The molecule has 0 radical (unpaired) electrons. The second-order valence-electron chi connectivity index (χ2n) is 4.31. The van der Waals surface area contributed by atoms with E-state index in [4.69, 9.17) is 15.2 Å². The van der Waals surface area contributed by atoms with Crippen LogP contribution in [0, 0.1) is 0 Å². The summed E-state index contributed by atoms with van der Waals surface area (Å²) in [5.41, 5.74) is 7.30. The van der Waals surface area contributed by atoms with Crippen LogP contribution in [0.3, 0.4) is 0 Å². The maximum Gasteiger partial charge on any atom is 0.169 e. The highest BCUT2D eigenvalue weighted by Gasteiger charge is 2.09. The Morgan fingerprint density at radius 1 is 0.900 bits per heavy atom. The van der Waals surface area contributed by atoms with Gasteiger partial charge in [0.2, 0.25) is 0 Å². The van der Waals surface area contributed by atoms with Crippen LogP contribution in [0.1, 0.15) is 0 Å². The number of rotatable bonds is 3. The van der Waals surface area contributed by atoms with Crippen LogP contribution in [0.15, 0.2) is 54.7 Å². The third kappa shape index (κ3) is 2.12. The van der Waals surface area contributed by atoms with Crippen molar-refractivity contribution in [3.63, 3.8) is 0 Å². The summed E-state index contributed by atoms with van der Waals surface area (Å²) in [6.07, 6.45) is 1.68. The van der Waals surface area contributed by atoms with Gasteiger partial charge in [-0.15, -0.1) is 0 Å². The molecule has 0 bridgehead atoms. The minimum absolute atomic E-state index is 0.632. The van der Waals surface area contributed by atoms with E-state index in [0.29, 0.717) is 22.9 Å². The fourth-order valence-electron chi connectivity index (χ4n) is 2.08. The maximum absolute atomic E-state index is 5.95. The number of aromatic nitrogens is 1. The van der Waals surface area contributed by atoms with E-state index in [2.05, 4.69) is 4.98 Å². The second kappa shape index (κ2) is 5.09. The van der Waals surface area contributed by atoms with Gasteiger partial charge in [0.05, 0.1) is 18.3 Å². The molecule has 0 unspecified atom stereocenters. The fraction of sp³-hybridized carbons (Fsp3) is 0.0625. The Labute approximate surface area is 116 Å². The molecule has 0 aliphatic heterocycles. The third-order valence-corrected chi connectivity index (χ3v) is 3.05. The number of nitrogens with two attached hydrogens (primary N) is 1. The molecule has 0 amide bonds. The molecule has 20 heavy (non-hydrogen) atoms. The molecule has 1 aromatic heterocycles. The molecule has 3 rings (SSSR count). The number of para-hydroxylation sites is 3. The van der Waals surface area contributed by atoms with Crippen molar-refractivity contribution in [1.29, 1.82) is 0 Å². The number of nitrogen functional groups attached to an aromatic ring is 1. The van der Waals surface area contributed by atoms with E-state index in [0.717, 1.165) is 10.9 Å². The molecule has 100 valence electrons. The molecule has 1 heterocycles.